The van der Waals surface area contributed by atoms with Crippen molar-refractivity contribution in [2.24, 2.45) is 5.73 Å². The predicted octanol–water partition coefficient (Wildman–Crippen LogP) is 3.43. The molecule has 0 saturated carbocycles. The van der Waals surface area contributed by atoms with E-state index in [0.29, 0.717) is 52.2 Å². The second-order valence-electron chi connectivity index (χ2n) is 10.6. The first-order valence-corrected chi connectivity index (χ1v) is 15.7. The number of nitrogens with one attached hydrogen (secondary N) is 3. The number of unbranched alkanes of at least 4 members (excludes halogenated alkanes) is 13. The minimum absolute atomic E-state index is 0.0284. The molecule has 0 radical (unpaired) electrons. The van der Waals surface area contributed by atoms with Gasteiger partial charge in [0.05, 0.1) is 25.9 Å². The molecule has 0 aromatic carbocycles. The summed E-state index contributed by atoms with van der Waals surface area (Å²) in [6, 6.07) is -0.337. The number of carbonyl (C=O) groups excluding carboxylic acids is 3. The zero-order valence-electron chi connectivity index (χ0n) is 25.5. The van der Waals surface area contributed by atoms with E-state index in [9.17, 15) is 19.2 Å². The van der Waals surface area contributed by atoms with Crippen LogP contribution in [0.25, 0.3) is 0 Å². The van der Waals surface area contributed by atoms with Gasteiger partial charge in [0, 0.05) is 25.9 Å². The van der Waals surface area contributed by atoms with E-state index in [0.717, 1.165) is 44.9 Å². The monoisotopic (exact) mass is 586 g/mol. The molecule has 0 aliphatic heterocycles. The number of likely N-dealkylation sites (N-methyl/N-ethyl adjacent to an activating group) is 1. The molecule has 0 spiro atoms. The summed E-state index contributed by atoms with van der Waals surface area (Å²) < 4.78 is 10.7. The lowest BCUT2D eigenvalue weighted by Crippen LogP contribution is -2.39. The molecule has 0 fully saturated rings. The van der Waals surface area contributed by atoms with Gasteiger partial charge in [0.25, 0.3) is 0 Å². The fourth-order valence-electron chi connectivity index (χ4n) is 4.42. The van der Waals surface area contributed by atoms with Crippen LogP contribution in [0.1, 0.15) is 116 Å². The van der Waals surface area contributed by atoms with Gasteiger partial charge in [0.2, 0.25) is 17.7 Å². The Kier molecular flexibility index (Phi) is 27.7. The average Bonchev–Trinajstić information content (AvgIpc) is 2.93. The maximum Gasteiger partial charge on any atom is 0.303 e. The average molecular weight is 587 g/mol. The number of hydrogen-bond acceptors (Lipinski definition) is 7. The Hall–Kier alpha value is -2.24. The lowest BCUT2D eigenvalue weighted by molar-refractivity contribution is -0.137. The van der Waals surface area contributed by atoms with Gasteiger partial charge in [-0.3, -0.25) is 19.2 Å². The summed E-state index contributed by atoms with van der Waals surface area (Å²) >= 11 is 0. The van der Waals surface area contributed by atoms with Gasteiger partial charge in [-0.25, -0.2) is 0 Å². The number of hydrogen-bond donors (Lipinski definition) is 5. The van der Waals surface area contributed by atoms with Crippen LogP contribution < -0.4 is 21.7 Å². The second-order valence-corrected chi connectivity index (χ2v) is 10.6. The molecule has 11 heteroatoms. The van der Waals surface area contributed by atoms with Gasteiger partial charge in [-0.1, -0.05) is 70.6 Å². The smallest absolute Gasteiger partial charge is 0.303 e. The first-order valence-electron chi connectivity index (χ1n) is 15.7. The first-order chi connectivity index (χ1) is 19.9. The highest BCUT2D eigenvalue weighted by Crippen LogP contribution is 2.13. The molecule has 0 rings (SSSR count). The molecule has 1 atom stereocenters. The molecule has 0 bridgehead atoms. The summed E-state index contributed by atoms with van der Waals surface area (Å²) in [4.78, 5) is 45.3. The van der Waals surface area contributed by atoms with E-state index in [1.807, 2.05) is 0 Å². The summed E-state index contributed by atoms with van der Waals surface area (Å²) in [6.07, 6.45) is 17.9. The summed E-state index contributed by atoms with van der Waals surface area (Å²) in [5.74, 6) is -1.19. The highest BCUT2D eigenvalue weighted by Gasteiger charge is 2.11. The van der Waals surface area contributed by atoms with Gasteiger partial charge in [0.1, 0.15) is 6.61 Å². The topological polar surface area (TPSA) is 169 Å². The van der Waals surface area contributed by atoms with Crippen molar-refractivity contribution in [1.82, 2.24) is 16.0 Å². The quantitative estimate of drug-likeness (QED) is 0.0770. The number of carboxylic acids is 1. The number of rotatable bonds is 31. The molecule has 0 aliphatic rings. The minimum Gasteiger partial charge on any atom is -0.481 e. The van der Waals surface area contributed by atoms with E-state index in [4.69, 9.17) is 20.3 Å². The fourth-order valence-corrected chi connectivity index (χ4v) is 4.42. The molecule has 6 N–H and O–H groups in total. The van der Waals surface area contributed by atoms with Crippen molar-refractivity contribution < 1.29 is 33.8 Å². The van der Waals surface area contributed by atoms with Gasteiger partial charge in [0.15, 0.2) is 0 Å². The third-order valence-electron chi connectivity index (χ3n) is 6.90. The van der Waals surface area contributed by atoms with Crippen molar-refractivity contribution in [1.29, 1.82) is 0 Å². The van der Waals surface area contributed by atoms with E-state index in [1.165, 1.54) is 51.4 Å². The number of carboxylic acid groups (broad SMARTS) is 1. The lowest BCUT2D eigenvalue weighted by atomic mass is 10.0. The van der Waals surface area contributed by atoms with Crippen molar-refractivity contribution in [3.8, 4) is 0 Å². The normalized spacial score (nSPS) is 11.7. The van der Waals surface area contributed by atoms with Gasteiger partial charge in [-0.15, -0.1) is 0 Å². The Morgan fingerprint density at radius 2 is 1.15 bits per heavy atom. The lowest BCUT2D eigenvalue weighted by Gasteiger charge is -2.12. The van der Waals surface area contributed by atoms with Crippen LogP contribution in [0.4, 0.5) is 0 Å². The Bertz CT molecular complexity index is 679. The highest BCUT2D eigenvalue weighted by molar-refractivity contribution is 5.79. The predicted molar refractivity (Wildman–Crippen MR) is 160 cm³/mol. The van der Waals surface area contributed by atoms with Crippen molar-refractivity contribution in [3.05, 3.63) is 0 Å². The molecule has 41 heavy (non-hydrogen) atoms. The van der Waals surface area contributed by atoms with E-state index in [-0.39, 0.29) is 30.4 Å². The van der Waals surface area contributed by atoms with Crippen LogP contribution in [0.2, 0.25) is 0 Å². The molecule has 11 nitrogen and oxygen atoms in total. The Balaban J connectivity index is 3.32. The molecule has 3 amide bonds. The largest absolute Gasteiger partial charge is 0.481 e. The minimum atomic E-state index is -0.692. The van der Waals surface area contributed by atoms with Gasteiger partial charge in [-0.05, 0) is 39.2 Å². The highest BCUT2D eigenvalue weighted by atomic mass is 16.5. The number of primary amides is 1. The van der Waals surface area contributed by atoms with Gasteiger partial charge >= 0.3 is 5.97 Å². The van der Waals surface area contributed by atoms with E-state index < -0.39 is 5.97 Å². The Labute approximate surface area is 247 Å². The molecule has 0 aliphatic carbocycles. The molecule has 0 aromatic heterocycles. The Morgan fingerprint density at radius 3 is 1.68 bits per heavy atom. The molecular formula is C30H58N4O7. The summed E-state index contributed by atoms with van der Waals surface area (Å²) in [6.45, 7) is 2.03. The first kappa shape index (κ1) is 38.8. The Morgan fingerprint density at radius 1 is 0.634 bits per heavy atom. The van der Waals surface area contributed by atoms with Crippen LogP contribution in [0, 0.1) is 0 Å². The summed E-state index contributed by atoms with van der Waals surface area (Å²) in [7, 11) is 1.70. The van der Waals surface area contributed by atoms with E-state index >= 15 is 0 Å². The summed E-state index contributed by atoms with van der Waals surface area (Å²) in [5, 5.41) is 17.1. The maximum absolute atomic E-state index is 11.9. The van der Waals surface area contributed by atoms with Crippen molar-refractivity contribution in [2.75, 3.05) is 46.6 Å². The van der Waals surface area contributed by atoms with Gasteiger partial charge < -0.3 is 36.3 Å². The van der Waals surface area contributed by atoms with Crippen molar-refractivity contribution in [2.45, 2.75) is 122 Å². The molecule has 240 valence electrons. The van der Waals surface area contributed by atoms with Crippen LogP contribution in [-0.4, -0.2) is 81.4 Å². The van der Waals surface area contributed by atoms with E-state index in [2.05, 4.69) is 16.0 Å². The SMILES string of the molecule is CN[C@@H](CCCCNC(=O)COCCOCCNC(=O)CCCCCCCCCCCCCCCC(=O)O)C(N)=O. The van der Waals surface area contributed by atoms with Crippen LogP contribution in [0.3, 0.4) is 0 Å². The standard InChI is InChI=1S/C30H58N4O7/c1-32-26(30(31)39)17-15-16-20-33-28(36)25-41-24-23-40-22-21-34-27(35)18-13-11-9-7-5-3-2-4-6-8-10-12-14-19-29(37)38/h26,32H,2-25H2,1H3,(H2,31,39)(H,33,36)(H,34,35)(H,37,38)/t26-/m0/s1. The molecule has 0 aromatic rings. The van der Waals surface area contributed by atoms with Gasteiger partial charge in [-0.2, -0.15) is 0 Å². The van der Waals surface area contributed by atoms with E-state index in [1.54, 1.807) is 7.05 Å². The zero-order chi connectivity index (χ0) is 30.4. The number of amides is 3. The van der Waals surface area contributed by atoms with Crippen LogP contribution in [0.15, 0.2) is 0 Å². The number of carbonyl (C=O) groups is 4. The maximum atomic E-state index is 11.9. The second kappa shape index (κ2) is 29.3. The molecule has 0 heterocycles. The van der Waals surface area contributed by atoms with Crippen LogP contribution in [-0.2, 0) is 28.7 Å². The number of aliphatic carboxylic acids is 1. The number of nitrogens with two attached hydrogens (primary N) is 1. The fraction of sp³-hybridized carbons (Fsp3) is 0.867. The molecule has 0 saturated heterocycles. The summed E-state index contributed by atoms with van der Waals surface area (Å²) in [5.41, 5.74) is 5.27. The van der Waals surface area contributed by atoms with Crippen LogP contribution >= 0.6 is 0 Å². The molecular weight excluding hydrogens is 528 g/mol. The molecule has 0 unspecified atom stereocenters. The number of ether oxygens (including phenoxy) is 2. The van der Waals surface area contributed by atoms with Crippen LogP contribution in [0.5, 0.6) is 0 Å². The van der Waals surface area contributed by atoms with Crippen molar-refractivity contribution >= 4 is 23.7 Å². The third-order valence-corrected chi connectivity index (χ3v) is 6.90. The van der Waals surface area contributed by atoms with Crippen molar-refractivity contribution in [3.63, 3.8) is 0 Å². The third kappa shape index (κ3) is 29.1. The zero-order valence-corrected chi connectivity index (χ0v) is 25.5.